The number of fused-ring (bicyclic) bond motifs is 3. The van der Waals surface area contributed by atoms with Gasteiger partial charge in [0.25, 0.3) is 0 Å². The van der Waals surface area contributed by atoms with Gasteiger partial charge in [-0.15, -0.1) is 0 Å². The van der Waals surface area contributed by atoms with Gasteiger partial charge in [-0.3, -0.25) is 4.79 Å². The SMILES string of the molecule is C=C1[C@H]2CC[C@@H]3C4=CCCC(C)(C)[C@@H]4[C@@H](O)C(=O)[C@]3([C@H]1O)[C@H]2O. The second kappa shape index (κ2) is 4.56. The Morgan fingerprint density at radius 1 is 1.22 bits per heavy atom. The molecule has 0 aromatic rings. The average molecular weight is 318 g/mol. The molecular formula is C19H26O4. The molecule has 4 aliphatic rings. The van der Waals surface area contributed by atoms with Gasteiger partial charge < -0.3 is 15.3 Å². The molecule has 2 bridgehead atoms. The maximum atomic E-state index is 13.2. The molecular weight excluding hydrogens is 292 g/mol. The molecule has 1 spiro atoms. The third kappa shape index (κ3) is 1.60. The minimum atomic E-state index is -1.28. The van der Waals surface area contributed by atoms with Gasteiger partial charge in [-0.25, -0.2) is 0 Å². The number of rotatable bonds is 0. The summed E-state index contributed by atoms with van der Waals surface area (Å²) in [5.74, 6) is -0.984. The van der Waals surface area contributed by atoms with Crippen LogP contribution in [0.25, 0.3) is 0 Å². The Hall–Kier alpha value is -0.970. The molecule has 4 rings (SSSR count). The maximum Gasteiger partial charge on any atom is 0.174 e. The van der Waals surface area contributed by atoms with Crippen molar-refractivity contribution in [2.24, 2.45) is 28.6 Å². The summed E-state index contributed by atoms with van der Waals surface area (Å²) in [6, 6.07) is 0. The van der Waals surface area contributed by atoms with Crippen LogP contribution < -0.4 is 0 Å². The van der Waals surface area contributed by atoms with Gasteiger partial charge in [-0.05, 0) is 42.6 Å². The normalized spacial score (nSPS) is 51.1. The highest BCUT2D eigenvalue weighted by molar-refractivity contribution is 5.94. The predicted octanol–water partition coefficient (Wildman–Crippen LogP) is 1.60. The molecule has 4 aliphatic carbocycles. The zero-order chi connectivity index (χ0) is 16.7. The van der Waals surface area contributed by atoms with Crippen molar-refractivity contribution in [3.63, 3.8) is 0 Å². The molecule has 0 aromatic heterocycles. The van der Waals surface area contributed by atoms with Crippen LogP contribution in [0.1, 0.15) is 39.5 Å². The Morgan fingerprint density at radius 3 is 2.61 bits per heavy atom. The first-order chi connectivity index (χ1) is 10.7. The van der Waals surface area contributed by atoms with Crippen molar-refractivity contribution >= 4 is 5.78 Å². The minimum absolute atomic E-state index is 0.150. The summed E-state index contributed by atoms with van der Waals surface area (Å²) < 4.78 is 0. The van der Waals surface area contributed by atoms with Crippen LogP contribution >= 0.6 is 0 Å². The van der Waals surface area contributed by atoms with Gasteiger partial charge in [0.2, 0.25) is 0 Å². The molecule has 4 nitrogen and oxygen atoms in total. The average Bonchev–Trinajstić information content (AvgIpc) is 2.60. The number of hydrogen-bond acceptors (Lipinski definition) is 4. The summed E-state index contributed by atoms with van der Waals surface area (Å²) in [7, 11) is 0. The monoisotopic (exact) mass is 318 g/mol. The van der Waals surface area contributed by atoms with Crippen molar-refractivity contribution in [1.82, 2.24) is 0 Å². The number of aliphatic hydroxyl groups is 3. The molecule has 0 aromatic carbocycles. The van der Waals surface area contributed by atoms with Crippen LogP contribution in [0.15, 0.2) is 23.8 Å². The molecule has 3 saturated carbocycles. The van der Waals surface area contributed by atoms with E-state index in [0.717, 1.165) is 31.3 Å². The fraction of sp³-hybridized carbons (Fsp3) is 0.737. The van der Waals surface area contributed by atoms with Crippen molar-refractivity contribution in [3.8, 4) is 0 Å². The summed E-state index contributed by atoms with van der Waals surface area (Å²) in [4.78, 5) is 13.2. The molecule has 3 fully saturated rings. The standard InChI is InChI=1S/C19H26O4/c1-9-10-6-7-12-11-5-4-8-18(2,3)13(11)14(20)17(23)19(12,15(9)21)16(10)22/h5,10,12-16,20-22H,1,4,6-8H2,2-3H3/t10-,12-,13+,14-,15+,16+,19-/m1/s1. The molecule has 0 saturated heterocycles. The number of ketones is 1. The lowest BCUT2D eigenvalue weighted by atomic mass is 9.48. The van der Waals surface area contributed by atoms with E-state index in [-0.39, 0.29) is 29.0 Å². The van der Waals surface area contributed by atoms with Crippen LogP contribution in [0.4, 0.5) is 0 Å². The summed E-state index contributed by atoms with van der Waals surface area (Å²) in [6.45, 7) is 8.15. The van der Waals surface area contributed by atoms with E-state index in [2.05, 4.69) is 26.5 Å². The van der Waals surface area contributed by atoms with Crippen molar-refractivity contribution in [1.29, 1.82) is 0 Å². The number of carbonyl (C=O) groups is 1. The first-order valence-corrected chi connectivity index (χ1v) is 8.71. The highest BCUT2D eigenvalue weighted by atomic mass is 16.3. The maximum absolute atomic E-state index is 13.2. The van der Waals surface area contributed by atoms with Gasteiger partial charge in [0, 0.05) is 11.8 Å². The number of carbonyl (C=O) groups excluding carboxylic acids is 1. The van der Waals surface area contributed by atoms with E-state index >= 15 is 0 Å². The highest BCUT2D eigenvalue weighted by Gasteiger charge is 2.71. The van der Waals surface area contributed by atoms with E-state index in [9.17, 15) is 20.1 Å². The summed E-state index contributed by atoms with van der Waals surface area (Å²) in [6.07, 6.45) is 2.39. The molecule has 0 radical (unpaired) electrons. The van der Waals surface area contributed by atoms with Gasteiger partial charge in [-0.1, -0.05) is 32.1 Å². The topological polar surface area (TPSA) is 77.8 Å². The lowest BCUT2D eigenvalue weighted by molar-refractivity contribution is -0.174. The molecule has 0 heterocycles. The van der Waals surface area contributed by atoms with Gasteiger partial charge in [0.1, 0.15) is 6.10 Å². The van der Waals surface area contributed by atoms with Crippen molar-refractivity contribution in [2.45, 2.75) is 57.8 Å². The molecule has 23 heavy (non-hydrogen) atoms. The van der Waals surface area contributed by atoms with E-state index in [1.807, 2.05) is 0 Å². The van der Waals surface area contributed by atoms with Crippen LogP contribution in [-0.4, -0.2) is 39.4 Å². The van der Waals surface area contributed by atoms with Gasteiger partial charge in [0.05, 0.1) is 17.6 Å². The van der Waals surface area contributed by atoms with Crippen LogP contribution in [0, 0.1) is 28.6 Å². The molecule has 4 heteroatoms. The molecule has 0 unspecified atom stereocenters. The zero-order valence-electron chi connectivity index (χ0n) is 13.8. The fourth-order valence-corrected chi connectivity index (χ4v) is 6.15. The summed E-state index contributed by atoms with van der Waals surface area (Å²) >= 11 is 0. The molecule has 0 aliphatic heterocycles. The van der Waals surface area contributed by atoms with E-state index < -0.39 is 23.7 Å². The lowest BCUT2D eigenvalue weighted by Gasteiger charge is -2.56. The predicted molar refractivity (Wildman–Crippen MR) is 85.4 cm³/mol. The number of aliphatic hydroxyl groups excluding tert-OH is 3. The van der Waals surface area contributed by atoms with Gasteiger partial charge in [0.15, 0.2) is 5.78 Å². The Kier molecular flexibility index (Phi) is 3.08. The minimum Gasteiger partial charge on any atom is -0.391 e. The Bertz CT molecular complexity index is 619. The van der Waals surface area contributed by atoms with E-state index in [1.165, 1.54) is 0 Å². The van der Waals surface area contributed by atoms with Gasteiger partial charge in [-0.2, -0.15) is 0 Å². The van der Waals surface area contributed by atoms with Crippen molar-refractivity contribution in [2.75, 3.05) is 0 Å². The summed E-state index contributed by atoms with van der Waals surface area (Å²) in [5.41, 5.74) is 0.215. The van der Waals surface area contributed by atoms with Gasteiger partial charge >= 0.3 is 0 Å². The number of hydrogen-bond donors (Lipinski definition) is 3. The molecule has 3 N–H and O–H groups in total. The molecule has 7 atom stereocenters. The molecule has 0 amide bonds. The van der Waals surface area contributed by atoms with Crippen molar-refractivity contribution in [3.05, 3.63) is 23.8 Å². The largest absolute Gasteiger partial charge is 0.391 e. The second-order valence-electron chi connectivity index (χ2n) is 8.61. The highest BCUT2D eigenvalue weighted by Crippen LogP contribution is 2.65. The Labute approximate surface area is 136 Å². The number of allylic oxidation sites excluding steroid dienone is 1. The fourth-order valence-electron chi connectivity index (χ4n) is 6.15. The zero-order valence-corrected chi connectivity index (χ0v) is 13.8. The number of Topliss-reactive ketones (excluding diaryl/α,β-unsaturated/α-hetero) is 1. The smallest absolute Gasteiger partial charge is 0.174 e. The summed E-state index contributed by atoms with van der Waals surface area (Å²) in [5, 5.41) is 32.5. The van der Waals surface area contributed by atoms with Crippen molar-refractivity contribution < 1.29 is 20.1 Å². The lowest BCUT2D eigenvalue weighted by Crippen LogP contribution is -2.65. The first-order valence-electron chi connectivity index (χ1n) is 8.71. The third-order valence-electron chi connectivity index (χ3n) is 7.28. The first kappa shape index (κ1) is 15.6. The van der Waals surface area contributed by atoms with Crippen LogP contribution in [0.3, 0.4) is 0 Å². The van der Waals surface area contributed by atoms with E-state index in [1.54, 1.807) is 0 Å². The Morgan fingerprint density at radius 2 is 1.91 bits per heavy atom. The van der Waals surface area contributed by atoms with Crippen LogP contribution in [-0.2, 0) is 4.79 Å². The van der Waals surface area contributed by atoms with E-state index in [4.69, 9.17) is 0 Å². The quantitative estimate of drug-likeness (QED) is 0.593. The second-order valence-corrected chi connectivity index (χ2v) is 8.61. The third-order valence-corrected chi connectivity index (χ3v) is 7.28. The molecule has 126 valence electrons. The van der Waals surface area contributed by atoms with Crippen LogP contribution in [0.2, 0.25) is 0 Å². The van der Waals surface area contributed by atoms with Crippen LogP contribution in [0.5, 0.6) is 0 Å². The van der Waals surface area contributed by atoms with E-state index in [0.29, 0.717) is 5.57 Å². The Balaban J connectivity index is 1.92.